The summed E-state index contributed by atoms with van der Waals surface area (Å²) in [7, 11) is 0. The van der Waals surface area contributed by atoms with Crippen molar-refractivity contribution >= 4 is 0 Å². The summed E-state index contributed by atoms with van der Waals surface area (Å²) in [5.74, 6) is 0. The molecular weight excluding hydrogens is 266 g/mol. The average molecular weight is 305 g/mol. The molecule has 0 saturated heterocycles. The van der Waals surface area contributed by atoms with Gasteiger partial charge in [-0.25, -0.2) is 0 Å². The molecule has 1 nitrogen and oxygen atoms in total. The summed E-state index contributed by atoms with van der Waals surface area (Å²) in [4.78, 5) is 0. The molecule has 0 heterocycles. The number of nitrogens with zero attached hydrogens (tertiary/aromatic N) is 1. The molecule has 0 radical (unpaired) electrons. The van der Waals surface area contributed by atoms with Gasteiger partial charge >= 0.3 is 0 Å². The van der Waals surface area contributed by atoms with Crippen LogP contribution < -0.4 is 0 Å². The molecule has 3 rings (SSSR count). The lowest BCUT2D eigenvalue weighted by molar-refractivity contribution is -0.993. The number of quaternary nitrogens is 1. The summed E-state index contributed by atoms with van der Waals surface area (Å²) in [5, 5.41) is 0. The van der Waals surface area contributed by atoms with Gasteiger partial charge in [0.2, 0.25) is 0 Å². The first-order valence-corrected chi connectivity index (χ1v) is 10.4. The molecule has 3 aliphatic carbocycles. The molecule has 3 aliphatic rings. The molecule has 22 heavy (non-hydrogen) atoms. The van der Waals surface area contributed by atoms with Gasteiger partial charge < -0.3 is 4.48 Å². The maximum Gasteiger partial charge on any atom is 0.0977 e. The second-order valence-corrected chi connectivity index (χ2v) is 8.34. The van der Waals surface area contributed by atoms with Gasteiger partial charge in [-0.3, -0.25) is 0 Å². The molecule has 0 N–H and O–H groups in total. The van der Waals surface area contributed by atoms with Crippen LogP contribution in [0.1, 0.15) is 96.3 Å². The highest BCUT2D eigenvalue weighted by Gasteiger charge is 2.48. The summed E-state index contributed by atoms with van der Waals surface area (Å²) in [6, 6.07) is 2.87. The van der Waals surface area contributed by atoms with Crippen LogP contribution in [0.3, 0.4) is 0 Å². The van der Waals surface area contributed by atoms with Gasteiger partial charge in [0.1, 0.15) is 0 Å². The van der Waals surface area contributed by atoms with E-state index in [4.69, 9.17) is 0 Å². The van der Waals surface area contributed by atoms with Crippen LogP contribution in [0.2, 0.25) is 0 Å². The van der Waals surface area contributed by atoms with Crippen LogP contribution >= 0.6 is 0 Å². The summed E-state index contributed by atoms with van der Waals surface area (Å²) in [6.45, 7) is 5.48. The Hall–Kier alpha value is -0.300. The zero-order valence-corrected chi connectivity index (χ0v) is 14.8. The van der Waals surface area contributed by atoms with Gasteiger partial charge in [0, 0.05) is 0 Å². The minimum Gasteiger partial charge on any atom is -0.313 e. The van der Waals surface area contributed by atoms with E-state index in [1.807, 2.05) is 0 Å². The summed E-state index contributed by atoms with van der Waals surface area (Å²) >= 11 is 0. The molecule has 0 spiro atoms. The van der Waals surface area contributed by atoms with E-state index in [1.165, 1.54) is 107 Å². The van der Waals surface area contributed by atoms with Crippen LogP contribution in [0.4, 0.5) is 0 Å². The zero-order chi connectivity index (χ0) is 15.3. The molecule has 0 unspecified atom stereocenters. The Kier molecular flexibility index (Phi) is 6.02. The second kappa shape index (κ2) is 7.99. The fourth-order valence-electron chi connectivity index (χ4n) is 6.25. The fourth-order valence-corrected chi connectivity index (χ4v) is 6.25. The predicted octanol–water partition coefficient (Wildman–Crippen LogP) is 5.99. The summed E-state index contributed by atoms with van der Waals surface area (Å²) < 4.78 is 1.48. The smallest absolute Gasteiger partial charge is 0.0977 e. The van der Waals surface area contributed by atoms with E-state index in [1.54, 1.807) is 0 Å². The van der Waals surface area contributed by atoms with Gasteiger partial charge in [-0.2, -0.15) is 0 Å². The van der Waals surface area contributed by atoms with Gasteiger partial charge in [-0.05, 0) is 83.1 Å². The van der Waals surface area contributed by atoms with E-state index in [-0.39, 0.29) is 0 Å². The Morgan fingerprint density at radius 1 is 0.591 bits per heavy atom. The lowest BCUT2D eigenvalue weighted by atomic mass is 9.80. The van der Waals surface area contributed by atoms with Crippen molar-refractivity contribution in [1.29, 1.82) is 0 Å². The lowest BCUT2D eigenvalue weighted by Crippen LogP contribution is -2.67. The van der Waals surface area contributed by atoms with Crippen LogP contribution in [0.25, 0.3) is 0 Å². The first-order chi connectivity index (χ1) is 10.9. The first-order valence-electron chi connectivity index (χ1n) is 10.4. The largest absolute Gasteiger partial charge is 0.313 e. The molecule has 0 aromatic carbocycles. The van der Waals surface area contributed by atoms with Crippen molar-refractivity contribution in [2.75, 3.05) is 6.54 Å². The van der Waals surface area contributed by atoms with E-state index >= 15 is 0 Å². The fraction of sp³-hybridized carbons (Fsp3) is 0.905. The van der Waals surface area contributed by atoms with E-state index in [9.17, 15) is 0 Å². The SMILES string of the molecule is C=CC[N+](C1CCCCC1)(C1CCCCC1)C1CCCCC1. The molecule has 3 saturated carbocycles. The molecule has 1 heteroatoms. The Morgan fingerprint density at radius 3 is 1.18 bits per heavy atom. The van der Waals surface area contributed by atoms with Crippen molar-refractivity contribution in [2.45, 2.75) is 114 Å². The molecule has 0 aromatic rings. The van der Waals surface area contributed by atoms with Crippen molar-refractivity contribution in [3.8, 4) is 0 Å². The monoisotopic (exact) mass is 304 g/mol. The molecule has 0 atom stereocenters. The van der Waals surface area contributed by atoms with Gasteiger partial charge in [0.05, 0.1) is 24.7 Å². The number of rotatable bonds is 5. The van der Waals surface area contributed by atoms with Crippen LogP contribution in [0.5, 0.6) is 0 Å². The molecular formula is C21H38N+. The highest BCUT2D eigenvalue weighted by molar-refractivity contribution is 4.83. The third kappa shape index (κ3) is 3.30. The number of hydrogen-bond acceptors (Lipinski definition) is 0. The van der Waals surface area contributed by atoms with Gasteiger partial charge in [0.25, 0.3) is 0 Å². The Bertz CT molecular complexity index is 284. The van der Waals surface area contributed by atoms with Crippen LogP contribution in [0, 0.1) is 0 Å². The minimum absolute atomic E-state index is 0.956. The highest BCUT2D eigenvalue weighted by atomic mass is 15.4. The van der Waals surface area contributed by atoms with Crippen molar-refractivity contribution in [1.82, 2.24) is 0 Å². The van der Waals surface area contributed by atoms with E-state index in [0.717, 1.165) is 18.1 Å². The molecule has 126 valence electrons. The molecule has 0 aromatic heterocycles. The van der Waals surface area contributed by atoms with Crippen molar-refractivity contribution in [3.63, 3.8) is 0 Å². The van der Waals surface area contributed by atoms with E-state index in [0.29, 0.717) is 0 Å². The zero-order valence-electron chi connectivity index (χ0n) is 14.8. The quantitative estimate of drug-likeness (QED) is 0.432. The van der Waals surface area contributed by atoms with Crippen molar-refractivity contribution < 1.29 is 4.48 Å². The molecule has 0 bridgehead atoms. The summed E-state index contributed by atoms with van der Waals surface area (Å²) in [6.07, 6.45) is 24.7. The minimum atomic E-state index is 0.956. The van der Waals surface area contributed by atoms with E-state index in [2.05, 4.69) is 12.7 Å². The third-order valence-corrected chi connectivity index (χ3v) is 7.21. The van der Waals surface area contributed by atoms with Crippen LogP contribution in [0.15, 0.2) is 12.7 Å². The maximum absolute atomic E-state index is 4.21. The standard InChI is InChI=1S/C21H38N/c1-2-18-22(19-12-6-3-7-13-19,20-14-8-4-9-15-20)21-16-10-5-11-17-21/h2,19-21H,1,3-18H2/q+1. The van der Waals surface area contributed by atoms with Crippen LogP contribution in [-0.2, 0) is 0 Å². The Balaban J connectivity index is 1.89. The highest BCUT2D eigenvalue weighted by Crippen LogP contribution is 2.42. The number of hydrogen-bond donors (Lipinski definition) is 0. The van der Waals surface area contributed by atoms with Crippen molar-refractivity contribution in [3.05, 3.63) is 12.7 Å². The second-order valence-electron chi connectivity index (χ2n) is 8.34. The van der Waals surface area contributed by atoms with Gasteiger partial charge in [-0.15, -0.1) is 0 Å². The maximum atomic E-state index is 4.21. The summed E-state index contributed by atoms with van der Waals surface area (Å²) in [5.41, 5.74) is 0. The molecule has 0 amide bonds. The van der Waals surface area contributed by atoms with Crippen molar-refractivity contribution in [2.24, 2.45) is 0 Å². The topological polar surface area (TPSA) is 0 Å². The normalized spacial score (nSPS) is 26.9. The predicted molar refractivity (Wildman–Crippen MR) is 95.9 cm³/mol. The average Bonchev–Trinajstić information content (AvgIpc) is 2.62. The molecule has 3 fully saturated rings. The van der Waals surface area contributed by atoms with Gasteiger partial charge in [-0.1, -0.05) is 25.8 Å². The molecule has 0 aliphatic heterocycles. The Labute approximate surface area is 138 Å². The van der Waals surface area contributed by atoms with E-state index < -0.39 is 0 Å². The Morgan fingerprint density at radius 2 is 0.909 bits per heavy atom. The van der Waals surface area contributed by atoms with Crippen LogP contribution in [-0.4, -0.2) is 29.2 Å². The first kappa shape index (κ1) is 16.6. The van der Waals surface area contributed by atoms with Gasteiger partial charge in [0.15, 0.2) is 0 Å². The lowest BCUT2D eigenvalue weighted by Gasteiger charge is -2.57. The third-order valence-electron chi connectivity index (χ3n) is 7.21.